The van der Waals surface area contributed by atoms with Crippen molar-refractivity contribution in [2.75, 3.05) is 11.5 Å². The normalized spacial score (nSPS) is 11.7. The van der Waals surface area contributed by atoms with Crippen LogP contribution in [0.2, 0.25) is 0 Å². The minimum Gasteiger partial charge on any atom is -0.383 e. The van der Waals surface area contributed by atoms with Gasteiger partial charge in [0, 0.05) is 11.3 Å². The highest BCUT2D eigenvalue weighted by atomic mass is 15.0. The summed E-state index contributed by atoms with van der Waals surface area (Å²) in [6, 6.07) is 0. The molecule has 0 aliphatic carbocycles. The predicted molar refractivity (Wildman–Crippen MR) is 54.3 cm³/mol. The summed E-state index contributed by atoms with van der Waals surface area (Å²) in [6.07, 6.45) is 0. The number of aromatic nitrogens is 2. The molecule has 1 aromatic heterocycles. The van der Waals surface area contributed by atoms with Crippen molar-refractivity contribution in [2.24, 2.45) is 0 Å². The third kappa shape index (κ3) is 1.88. The van der Waals surface area contributed by atoms with Gasteiger partial charge in [0.15, 0.2) is 0 Å². The second-order valence-corrected chi connectivity index (χ2v) is 4.18. The molecule has 0 bridgehead atoms. The summed E-state index contributed by atoms with van der Waals surface area (Å²) >= 11 is 0. The van der Waals surface area contributed by atoms with Gasteiger partial charge in [-0.2, -0.15) is 4.98 Å². The van der Waals surface area contributed by atoms with Crippen LogP contribution in [-0.4, -0.2) is 9.97 Å². The van der Waals surface area contributed by atoms with Crippen LogP contribution in [0.1, 0.15) is 32.0 Å². The van der Waals surface area contributed by atoms with Crippen molar-refractivity contribution >= 4 is 11.8 Å². The fourth-order valence-corrected chi connectivity index (χ4v) is 1.54. The molecule has 0 aliphatic rings. The van der Waals surface area contributed by atoms with E-state index in [9.17, 15) is 0 Å². The number of aryl methyl sites for hydroxylation is 1. The molecule has 0 atom stereocenters. The van der Waals surface area contributed by atoms with E-state index in [1.807, 2.05) is 6.92 Å². The highest BCUT2D eigenvalue weighted by Gasteiger charge is 2.21. The zero-order chi connectivity index (χ0) is 10.2. The zero-order valence-corrected chi connectivity index (χ0v) is 8.55. The van der Waals surface area contributed by atoms with E-state index in [4.69, 9.17) is 11.5 Å². The maximum Gasteiger partial charge on any atom is 0.222 e. The number of hydrogen-bond donors (Lipinski definition) is 2. The van der Waals surface area contributed by atoms with E-state index in [2.05, 4.69) is 30.7 Å². The second-order valence-electron chi connectivity index (χ2n) is 4.18. The lowest BCUT2D eigenvalue weighted by atomic mass is 9.86. The Morgan fingerprint density at radius 1 is 1.08 bits per heavy atom. The smallest absolute Gasteiger partial charge is 0.222 e. The Bertz CT molecular complexity index is 302. The first kappa shape index (κ1) is 9.77. The van der Waals surface area contributed by atoms with E-state index in [0.717, 1.165) is 11.3 Å². The van der Waals surface area contributed by atoms with Crippen LogP contribution in [0.15, 0.2) is 0 Å². The van der Waals surface area contributed by atoms with Crippen molar-refractivity contribution in [3.05, 3.63) is 11.3 Å². The van der Waals surface area contributed by atoms with Crippen molar-refractivity contribution in [3.63, 3.8) is 0 Å². The fraction of sp³-hybridized carbons (Fsp3) is 0.556. The van der Waals surface area contributed by atoms with E-state index >= 15 is 0 Å². The van der Waals surface area contributed by atoms with Crippen LogP contribution in [-0.2, 0) is 5.41 Å². The van der Waals surface area contributed by atoms with Gasteiger partial charge in [-0.3, -0.25) is 0 Å². The number of anilines is 2. The molecule has 4 nitrogen and oxygen atoms in total. The zero-order valence-electron chi connectivity index (χ0n) is 8.55. The molecule has 0 saturated carbocycles. The highest BCUT2D eigenvalue weighted by Crippen LogP contribution is 2.28. The van der Waals surface area contributed by atoms with Crippen molar-refractivity contribution < 1.29 is 0 Å². The molecule has 13 heavy (non-hydrogen) atoms. The first-order valence-corrected chi connectivity index (χ1v) is 4.22. The van der Waals surface area contributed by atoms with Crippen molar-refractivity contribution in [2.45, 2.75) is 33.1 Å². The lowest BCUT2D eigenvalue weighted by molar-refractivity contribution is 0.582. The minimum absolute atomic E-state index is 0.0398. The van der Waals surface area contributed by atoms with Crippen molar-refractivity contribution in [1.82, 2.24) is 9.97 Å². The van der Waals surface area contributed by atoms with Crippen LogP contribution in [0.4, 0.5) is 11.8 Å². The summed E-state index contributed by atoms with van der Waals surface area (Å²) in [4.78, 5) is 8.03. The Hall–Kier alpha value is -1.32. The number of nitrogens with two attached hydrogens (primary N) is 2. The first-order chi connectivity index (χ1) is 5.82. The molecule has 0 amide bonds. The maximum absolute atomic E-state index is 5.78. The number of nitrogen functional groups attached to an aromatic ring is 2. The second kappa shape index (κ2) is 2.87. The summed E-state index contributed by atoms with van der Waals surface area (Å²) in [7, 11) is 0. The number of nitrogens with zero attached hydrogens (tertiary/aromatic N) is 2. The largest absolute Gasteiger partial charge is 0.383 e. The van der Waals surface area contributed by atoms with Gasteiger partial charge in [0.2, 0.25) is 5.95 Å². The van der Waals surface area contributed by atoms with Gasteiger partial charge < -0.3 is 11.5 Å². The van der Waals surface area contributed by atoms with Gasteiger partial charge >= 0.3 is 0 Å². The summed E-state index contributed by atoms with van der Waals surface area (Å²) < 4.78 is 0. The molecule has 1 rings (SSSR count). The van der Waals surface area contributed by atoms with Crippen LogP contribution >= 0.6 is 0 Å². The summed E-state index contributed by atoms with van der Waals surface area (Å²) in [5, 5.41) is 0. The Balaban J connectivity index is 3.38. The van der Waals surface area contributed by atoms with E-state index in [0.29, 0.717) is 5.82 Å². The lowest BCUT2D eigenvalue weighted by Gasteiger charge is -2.22. The topological polar surface area (TPSA) is 77.8 Å². The fourth-order valence-electron chi connectivity index (χ4n) is 1.54. The maximum atomic E-state index is 5.78. The van der Waals surface area contributed by atoms with Gasteiger partial charge in [-0.05, 0) is 12.3 Å². The van der Waals surface area contributed by atoms with Crippen LogP contribution in [0.25, 0.3) is 0 Å². The van der Waals surface area contributed by atoms with Crippen LogP contribution in [0.5, 0.6) is 0 Å². The summed E-state index contributed by atoms with van der Waals surface area (Å²) in [5.74, 6) is 0.723. The Morgan fingerprint density at radius 3 is 2.00 bits per heavy atom. The van der Waals surface area contributed by atoms with E-state index in [1.54, 1.807) is 0 Å². The molecule has 0 radical (unpaired) electrons. The predicted octanol–water partition coefficient (Wildman–Crippen LogP) is 1.25. The van der Waals surface area contributed by atoms with E-state index in [-0.39, 0.29) is 11.4 Å². The van der Waals surface area contributed by atoms with E-state index in [1.165, 1.54) is 0 Å². The molecule has 1 heterocycles. The Morgan fingerprint density at radius 2 is 1.62 bits per heavy atom. The number of rotatable bonds is 0. The van der Waals surface area contributed by atoms with Gasteiger partial charge in [-0.1, -0.05) is 20.8 Å². The number of hydrogen-bond acceptors (Lipinski definition) is 4. The molecule has 0 spiro atoms. The van der Waals surface area contributed by atoms with Crippen LogP contribution in [0.3, 0.4) is 0 Å². The van der Waals surface area contributed by atoms with Crippen LogP contribution in [0, 0.1) is 6.92 Å². The molecule has 0 saturated heterocycles. The lowest BCUT2D eigenvalue weighted by Crippen LogP contribution is -2.19. The molecule has 4 heteroatoms. The van der Waals surface area contributed by atoms with E-state index < -0.39 is 0 Å². The monoisotopic (exact) mass is 180 g/mol. The average molecular weight is 180 g/mol. The third-order valence-electron chi connectivity index (χ3n) is 1.89. The van der Waals surface area contributed by atoms with Gasteiger partial charge in [-0.25, -0.2) is 4.98 Å². The molecule has 4 N–H and O–H groups in total. The third-order valence-corrected chi connectivity index (χ3v) is 1.89. The first-order valence-electron chi connectivity index (χ1n) is 4.22. The Labute approximate surface area is 78.4 Å². The standard InChI is InChI=1S/C9H16N4/c1-5-6(9(2,3)4)7(10)13-8(11)12-5/h1-4H3,(H4,10,11,12,13). The average Bonchev–Trinajstić information content (AvgIpc) is 1.78. The summed E-state index contributed by atoms with van der Waals surface area (Å²) in [5.41, 5.74) is 13.0. The summed E-state index contributed by atoms with van der Waals surface area (Å²) in [6.45, 7) is 8.12. The Kier molecular flexibility index (Phi) is 2.15. The molecular weight excluding hydrogens is 164 g/mol. The quantitative estimate of drug-likeness (QED) is 0.629. The van der Waals surface area contributed by atoms with Crippen molar-refractivity contribution in [1.29, 1.82) is 0 Å². The molecule has 0 aromatic carbocycles. The van der Waals surface area contributed by atoms with Crippen molar-refractivity contribution in [3.8, 4) is 0 Å². The molecule has 1 aromatic rings. The molecular formula is C9H16N4. The molecule has 0 aliphatic heterocycles. The van der Waals surface area contributed by atoms with Crippen LogP contribution < -0.4 is 11.5 Å². The molecule has 72 valence electrons. The minimum atomic E-state index is -0.0398. The van der Waals surface area contributed by atoms with Gasteiger partial charge in [0.1, 0.15) is 5.82 Å². The SMILES string of the molecule is Cc1nc(N)nc(N)c1C(C)(C)C. The molecule has 0 fully saturated rings. The van der Waals surface area contributed by atoms with Gasteiger partial charge in [-0.15, -0.1) is 0 Å². The van der Waals surface area contributed by atoms with Gasteiger partial charge in [0.25, 0.3) is 0 Å². The molecule has 0 unspecified atom stereocenters. The van der Waals surface area contributed by atoms with Gasteiger partial charge in [0.05, 0.1) is 0 Å². The highest BCUT2D eigenvalue weighted by molar-refractivity contribution is 5.49.